The monoisotopic (exact) mass is 286 g/mol. The average molecular weight is 286 g/mol. The number of nitrogens with one attached hydrogen (secondary N) is 1. The van der Waals surface area contributed by atoms with E-state index < -0.39 is 0 Å². The van der Waals surface area contributed by atoms with Crippen LogP contribution in [0.2, 0.25) is 0 Å². The first-order chi connectivity index (χ1) is 10.1. The molecule has 21 heavy (non-hydrogen) atoms. The zero-order valence-electron chi connectivity index (χ0n) is 13.3. The van der Waals surface area contributed by atoms with E-state index in [0.717, 1.165) is 13.1 Å². The fourth-order valence-corrected chi connectivity index (χ4v) is 3.25. The second kappa shape index (κ2) is 6.16. The van der Waals surface area contributed by atoms with E-state index in [9.17, 15) is 0 Å². The molecule has 2 aromatic rings. The number of hydrogen-bond acceptors (Lipinski definition) is 3. The normalized spacial score (nSPS) is 19.2. The Morgan fingerprint density at radius 2 is 2.19 bits per heavy atom. The van der Waals surface area contributed by atoms with Crippen LogP contribution in [0.25, 0.3) is 10.9 Å². The summed E-state index contributed by atoms with van der Waals surface area (Å²) in [7, 11) is 2.03. The molecule has 1 aliphatic heterocycles. The van der Waals surface area contributed by atoms with Gasteiger partial charge in [0.2, 0.25) is 0 Å². The highest BCUT2D eigenvalue weighted by Gasteiger charge is 2.21. The molecule has 114 valence electrons. The Balaban J connectivity index is 1.80. The van der Waals surface area contributed by atoms with Gasteiger partial charge in [-0.25, -0.2) is 0 Å². The third-order valence-electron chi connectivity index (χ3n) is 4.53. The maximum absolute atomic E-state index is 4.74. The lowest BCUT2D eigenvalue weighted by molar-refractivity contribution is 0.192. The lowest BCUT2D eigenvalue weighted by Crippen LogP contribution is -2.40. The fourth-order valence-electron chi connectivity index (χ4n) is 3.25. The predicted octanol–water partition coefficient (Wildman–Crippen LogP) is 2.54. The molecule has 0 spiro atoms. The minimum absolute atomic E-state index is 0.535. The van der Waals surface area contributed by atoms with Gasteiger partial charge in [0.05, 0.1) is 11.2 Å². The third-order valence-corrected chi connectivity index (χ3v) is 4.53. The van der Waals surface area contributed by atoms with Gasteiger partial charge in [-0.15, -0.1) is 0 Å². The van der Waals surface area contributed by atoms with Crippen molar-refractivity contribution in [3.63, 3.8) is 0 Å². The van der Waals surface area contributed by atoms with Crippen LogP contribution >= 0.6 is 0 Å². The van der Waals surface area contributed by atoms with Crippen LogP contribution in [-0.2, 0) is 13.6 Å². The van der Waals surface area contributed by atoms with Gasteiger partial charge in [0.1, 0.15) is 0 Å². The molecule has 0 amide bonds. The molecular weight excluding hydrogens is 260 g/mol. The van der Waals surface area contributed by atoms with Crippen LogP contribution in [0.4, 0.5) is 0 Å². The topological polar surface area (TPSA) is 33.1 Å². The summed E-state index contributed by atoms with van der Waals surface area (Å²) in [5.41, 5.74) is 2.41. The van der Waals surface area contributed by atoms with E-state index in [4.69, 9.17) is 5.10 Å². The minimum atomic E-state index is 0.535. The molecule has 1 aromatic carbocycles. The van der Waals surface area contributed by atoms with Gasteiger partial charge in [-0.1, -0.05) is 18.2 Å². The molecule has 1 aliphatic rings. The lowest BCUT2D eigenvalue weighted by atomic mass is 10.1. The highest BCUT2D eigenvalue weighted by atomic mass is 15.3. The number of hydrogen-bond donors (Lipinski definition) is 1. The molecule has 2 heterocycles. The number of rotatable bonds is 5. The largest absolute Gasteiger partial charge is 0.313 e. The Labute approximate surface area is 127 Å². The molecule has 0 saturated carbocycles. The van der Waals surface area contributed by atoms with Gasteiger partial charge >= 0.3 is 0 Å². The van der Waals surface area contributed by atoms with E-state index >= 15 is 0 Å². The van der Waals surface area contributed by atoms with E-state index in [1.165, 1.54) is 36.0 Å². The zero-order valence-corrected chi connectivity index (χ0v) is 13.3. The van der Waals surface area contributed by atoms with Crippen molar-refractivity contribution in [2.75, 3.05) is 13.1 Å². The number of aromatic nitrogens is 2. The summed E-state index contributed by atoms with van der Waals surface area (Å²) >= 11 is 0. The van der Waals surface area contributed by atoms with E-state index in [2.05, 4.69) is 48.3 Å². The highest BCUT2D eigenvalue weighted by molar-refractivity contribution is 5.81. The van der Waals surface area contributed by atoms with Gasteiger partial charge in [0, 0.05) is 37.6 Å². The van der Waals surface area contributed by atoms with Gasteiger partial charge in [0.25, 0.3) is 0 Å². The Morgan fingerprint density at radius 1 is 1.38 bits per heavy atom. The van der Waals surface area contributed by atoms with Crippen LogP contribution < -0.4 is 5.32 Å². The molecule has 4 nitrogen and oxygen atoms in total. The first-order valence-electron chi connectivity index (χ1n) is 8.03. The smallest absolute Gasteiger partial charge is 0.0843 e. The van der Waals surface area contributed by atoms with Gasteiger partial charge in [-0.2, -0.15) is 5.10 Å². The molecule has 1 fully saturated rings. The number of nitrogens with zero attached hydrogens (tertiary/aromatic N) is 3. The van der Waals surface area contributed by atoms with Crippen molar-refractivity contribution in [3.8, 4) is 0 Å². The van der Waals surface area contributed by atoms with Crippen molar-refractivity contribution in [2.24, 2.45) is 7.05 Å². The maximum atomic E-state index is 4.74. The predicted molar refractivity (Wildman–Crippen MR) is 87.3 cm³/mol. The molecular formula is C17H26N4. The van der Waals surface area contributed by atoms with E-state index in [1.807, 2.05) is 11.7 Å². The lowest BCUT2D eigenvalue weighted by Gasteiger charge is -2.28. The Hall–Kier alpha value is -1.39. The van der Waals surface area contributed by atoms with Crippen molar-refractivity contribution in [2.45, 2.75) is 45.3 Å². The average Bonchev–Trinajstić information content (AvgIpc) is 3.08. The summed E-state index contributed by atoms with van der Waals surface area (Å²) in [6, 6.07) is 9.69. The quantitative estimate of drug-likeness (QED) is 0.917. The van der Waals surface area contributed by atoms with Gasteiger partial charge in [0.15, 0.2) is 0 Å². The van der Waals surface area contributed by atoms with Crippen LogP contribution in [0, 0.1) is 0 Å². The van der Waals surface area contributed by atoms with Crippen LogP contribution in [0.1, 0.15) is 32.4 Å². The van der Waals surface area contributed by atoms with Crippen molar-refractivity contribution in [1.82, 2.24) is 20.0 Å². The van der Waals surface area contributed by atoms with E-state index in [1.54, 1.807) is 0 Å². The van der Waals surface area contributed by atoms with Gasteiger partial charge in [-0.3, -0.25) is 9.58 Å². The van der Waals surface area contributed by atoms with E-state index in [-0.39, 0.29) is 0 Å². The highest BCUT2D eigenvalue weighted by Crippen LogP contribution is 2.20. The molecule has 1 aromatic heterocycles. The molecule has 3 rings (SSSR count). The molecule has 0 aliphatic carbocycles. The minimum Gasteiger partial charge on any atom is -0.313 e. The standard InChI is InChI=1S/C17H26N4/c1-13(2)21(11-14-7-6-10-18-14)12-16-15-8-4-5-9-17(15)20(3)19-16/h4-5,8-9,13-14,18H,6-7,10-12H2,1-3H3. The van der Waals surface area contributed by atoms with Gasteiger partial charge in [-0.05, 0) is 39.3 Å². The molecule has 0 radical (unpaired) electrons. The second-order valence-corrected chi connectivity index (χ2v) is 6.40. The molecule has 1 saturated heterocycles. The Bertz CT molecular complexity index is 596. The van der Waals surface area contributed by atoms with Crippen LogP contribution in [0.3, 0.4) is 0 Å². The van der Waals surface area contributed by atoms with Crippen molar-refractivity contribution in [3.05, 3.63) is 30.0 Å². The number of fused-ring (bicyclic) bond motifs is 1. The summed E-state index contributed by atoms with van der Waals surface area (Å²) in [5, 5.41) is 9.63. The molecule has 1 N–H and O–H groups in total. The Kier molecular flexibility index (Phi) is 4.27. The summed E-state index contributed by atoms with van der Waals surface area (Å²) in [5.74, 6) is 0. The van der Waals surface area contributed by atoms with Crippen LogP contribution in [-0.4, -0.2) is 39.9 Å². The van der Waals surface area contributed by atoms with E-state index in [0.29, 0.717) is 12.1 Å². The van der Waals surface area contributed by atoms with Crippen molar-refractivity contribution in [1.29, 1.82) is 0 Å². The van der Waals surface area contributed by atoms with Crippen molar-refractivity contribution >= 4 is 10.9 Å². The van der Waals surface area contributed by atoms with Gasteiger partial charge < -0.3 is 5.32 Å². The SMILES string of the molecule is CC(C)N(Cc1nn(C)c2ccccc12)CC1CCCN1. The summed E-state index contributed by atoms with van der Waals surface area (Å²) < 4.78 is 2.00. The maximum Gasteiger partial charge on any atom is 0.0843 e. The number of para-hydroxylation sites is 1. The van der Waals surface area contributed by atoms with Crippen LogP contribution in [0.15, 0.2) is 24.3 Å². The zero-order chi connectivity index (χ0) is 14.8. The molecule has 1 unspecified atom stereocenters. The molecule has 1 atom stereocenters. The summed E-state index contributed by atoms with van der Waals surface area (Å²) in [6.45, 7) is 7.77. The number of benzene rings is 1. The Morgan fingerprint density at radius 3 is 2.90 bits per heavy atom. The number of aryl methyl sites for hydroxylation is 1. The second-order valence-electron chi connectivity index (χ2n) is 6.40. The fraction of sp³-hybridized carbons (Fsp3) is 0.588. The summed E-state index contributed by atoms with van der Waals surface area (Å²) in [6.07, 6.45) is 2.61. The van der Waals surface area contributed by atoms with Crippen LogP contribution in [0.5, 0.6) is 0 Å². The summed E-state index contributed by atoms with van der Waals surface area (Å²) in [4.78, 5) is 2.54. The third kappa shape index (κ3) is 3.11. The first kappa shape index (κ1) is 14.5. The molecule has 4 heteroatoms. The molecule has 0 bridgehead atoms. The first-order valence-corrected chi connectivity index (χ1v) is 8.03. The van der Waals surface area contributed by atoms with Crippen molar-refractivity contribution < 1.29 is 0 Å².